The summed E-state index contributed by atoms with van der Waals surface area (Å²) in [5.74, 6) is 0.393. The van der Waals surface area contributed by atoms with Gasteiger partial charge in [0, 0.05) is 12.7 Å². The van der Waals surface area contributed by atoms with E-state index in [0.29, 0.717) is 12.1 Å². The van der Waals surface area contributed by atoms with E-state index in [-0.39, 0.29) is 10.3 Å². The van der Waals surface area contributed by atoms with Gasteiger partial charge in [-0.15, -0.1) is 0 Å². The van der Waals surface area contributed by atoms with Crippen LogP contribution in [0.1, 0.15) is 6.42 Å². The summed E-state index contributed by atoms with van der Waals surface area (Å²) in [7, 11) is -3.93. The SMILES string of the molecule is CSCCCn1cc(S(N)(=O)=O)c2c(F)cccc21. The minimum Gasteiger partial charge on any atom is -0.346 e. The maximum Gasteiger partial charge on any atom is 0.240 e. The molecule has 1 aromatic carbocycles. The van der Waals surface area contributed by atoms with Gasteiger partial charge < -0.3 is 4.57 Å². The first kappa shape index (κ1) is 14.4. The number of sulfonamides is 1. The summed E-state index contributed by atoms with van der Waals surface area (Å²) in [6.07, 6.45) is 4.30. The van der Waals surface area contributed by atoms with Gasteiger partial charge in [0.15, 0.2) is 0 Å². The van der Waals surface area contributed by atoms with Crippen molar-refractivity contribution in [3.05, 3.63) is 30.2 Å². The number of fused-ring (bicyclic) bond motifs is 1. The van der Waals surface area contributed by atoms with Crippen LogP contribution in [0.4, 0.5) is 4.39 Å². The Morgan fingerprint density at radius 1 is 1.42 bits per heavy atom. The number of hydrogen-bond acceptors (Lipinski definition) is 3. The Hall–Kier alpha value is -1.05. The van der Waals surface area contributed by atoms with Gasteiger partial charge in [-0.2, -0.15) is 11.8 Å². The molecule has 0 fully saturated rings. The van der Waals surface area contributed by atoms with Crippen molar-refractivity contribution in [1.29, 1.82) is 0 Å². The minimum atomic E-state index is -3.93. The van der Waals surface area contributed by atoms with E-state index in [4.69, 9.17) is 5.14 Å². The molecule has 0 saturated heterocycles. The van der Waals surface area contributed by atoms with Gasteiger partial charge in [-0.3, -0.25) is 0 Å². The van der Waals surface area contributed by atoms with Crippen LogP contribution in [0.3, 0.4) is 0 Å². The Morgan fingerprint density at radius 3 is 2.79 bits per heavy atom. The molecule has 0 aliphatic carbocycles. The number of aryl methyl sites for hydroxylation is 1. The minimum absolute atomic E-state index is 0.0779. The molecule has 2 N–H and O–H groups in total. The number of benzene rings is 1. The molecule has 0 unspecified atom stereocenters. The van der Waals surface area contributed by atoms with Crippen LogP contribution in [0.5, 0.6) is 0 Å². The van der Waals surface area contributed by atoms with Gasteiger partial charge in [0.25, 0.3) is 0 Å². The van der Waals surface area contributed by atoms with E-state index in [2.05, 4.69) is 0 Å². The lowest BCUT2D eigenvalue weighted by Crippen LogP contribution is -2.12. The Bertz CT molecular complexity index is 695. The van der Waals surface area contributed by atoms with Crippen molar-refractivity contribution < 1.29 is 12.8 Å². The van der Waals surface area contributed by atoms with Crippen molar-refractivity contribution >= 4 is 32.7 Å². The van der Waals surface area contributed by atoms with Crippen molar-refractivity contribution in [2.24, 2.45) is 5.14 Å². The van der Waals surface area contributed by atoms with Crippen LogP contribution in [0.15, 0.2) is 29.3 Å². The van der Waals surface area contributed by atoms with E-state index in [0.717, 1.165) is 12.2 Å². The van der Waals surface area contributed by atoms with Gasteiger partial charge in [-0.05, 0) is 30.6 Å². The maximum atomic E-state index is 13.8. The van der Waals surface area contributed by atoms with Gasteiger partial charge in [0.1, 0.15) is 10.7 Å². The lowest BCUT2D eigenvalue weighted by Gasteiger charge is -2.04. The topological polar surface area (TPSA) is 65.1 Å². The number of hydrogen-bond donors (Lipinski definition) is 1. The number of nitrogens with two attached hydrogens (primary N) is 1. The molecule has 0 saturated carbocycles. The average molecular weight is 302 g/mol. The number of rotatable bonds is 5. The molecule has 4 nitrogen and oxygen atoms in total. The third-order valence-electron chi connectivity index (χ3n) is 2.87. The van der Waals surface area contributed by atoms with Gasteiger partial charge in [-0.25, -0.2) is 17.9 Å². The third-order valence-corrected chi connectivity index (χ3v) is 4.49. The van der Waals surface area contributed by atoms with Crippen molar-refractivity contribution in [1.82, 2.24) is 4.57 Å². The maximum absolute atomic E-state index is 13.8. The number of thioether (sulfide) groups is 1. The predicted octanol–water partition coefficient (Wildman–Crippen LogP) is 2.18. The average Bonchev–Trinajstić information content (AvgIpc) is 2.70. The highest BCUT2D eigenvalue weighted by Gasteiger charge is 2.19. The summed E-state index contributed by atoms with van der Waals surface area (Å²) in [6.45, 7) is 0.635. The van der Waals surface area contributed by atoms with Crippen molar-refractivity contribution in [3.63, 3.8) is 0 Å². The highest BCUT2D eigenvalue weighted by atomic mass is 32.2. The van der Waals surface area contributed by atoms with Crippen LogP contribution in [0, 0.1) is 5.82 Å². The number of aromatic nitrogens is 1. The van der Waals surface area contributed by atoms with Crippen molar-refractivity contribution in [2.45, 2.75) is 17.9 Å². The molecule has 1 heterocycles. The largest absolute Gasteiger partial charge is 0.346 e. The van der Waals surface area contributed by atoms with E-state index in [1.807, 2.05) is 6.26 Å². The Kier molecular flexibility index (Phi) is 4.17. The molecule has 0 aliphatic heterocycles. The fourth-order valence-electron chi connectivity index (χ4n) is 2.05. The molecule has 2 aromatic rings. The van der Waals surface area contributed by atoms with Crippen LogP contribution in [-0.2, 0) is 16.6 Å². The highest BCUT2D eigenvalue weighted by Crippen LogP contribution is 2.27. The molecule has 7 heteroatoms. The fraction of sp³-hybridized carbons (Fsp3) is 0.333. The Balaban J connectivity index is 2.58. The summed E-state index contributed by atoms with van der Waals surface area (Å²) in [4.78, 5) is -0.148. The lowest BCUT2D eigenvalue weighted by atomic mass is 10.2. The third kappa shape index (κ3) is 2.93. The molecular weight excluding hydrogens is 287 g/mol. The molecule has 0 aliphatic rings. The number of primary sulfonamides is 1. The summed E-state index contributed by atoms with van der Waals surface area (Å²) in [5.41, 5.74) is 0.560. The van der Waals surface area contributed by atoms with Gasteiger partial charge in [-0.1, -0.05) is 6.07 Å². The van der Waals surface area contributed by atoms with Gasteiger partial charge >= 0.3 is 0 Å². The van der Waals surface area contributed by atoms with Crippen molar-refractivity contribution in [3.8, 4) is 0 Å². The van der Waals surface area contributed by atoms with Crippen molar-refractivity contribution in [2.75, 3.05) is 12.0 Å². The second kappa shape index (κ2) is 5.52. The molecule has 0 amide bonds. The summed E-state index contributed by atoms with van der Waals surface area (Å²) in [6, 6.07) is 4.51. The first-order valence-electron chi connectivity index (χ1n) is 5.74. The summed E-state index contributed by atoms with van der Waals surface area (Å²) >= 11 is 1.71. The van der Waals surface area contributed by atoms with Crippen LogP contribution in [0.25, 0.3) is 10.9 Å². The second-order valence-electron chi connectivity index (χ2n) is 4.21. The summed E-state index contributed by atoms with van der Waals surface area (Å²) < 4.78 is 38.7. The van der Waals surface area contributed by atoms with E-state index >= 15 is 0 Å². The first-order chi connectivity index (χ1) is 8.95. The zero-order valence-corrected chi connectivity index (χ0v) is 12.1. The Labute approximate surface area is 115 Å². The van der Waals surface area contributed by atoms with Gasteiger partial charge in [0.2, 0.25) is 10.0 Å². The quantitative estimate of drug-likeness (QED) is 0.861. The summed E-state index contributed by atoms with van der Waals surface area (Å²) in [5, 5.41) is 5.23. The van der Waals surface area contributed by atoms with E-state index in [1.165, 1.54) is 12.3 Å². The smallest absolute Gasteiger partial charge is 0.240 e. The van der Waals surface area contributed by atoms with E-state index in [1.54, 1.807) is 28.5 Å². The second-order valence-corrected chi connectivity index (χ2v) is 6.73. The molecule has 0 spiro atoms. The monoisotopic (exact) mass is 302 g/mol. The highest BCUT2D eigenvalue weighted by molar-refractivity contribution is 7.98. The zero-order chi connectivity index (χ0) is 14.0. The fourth-order valence-corrected chi connectivity index (χ4v) is 3.23. The molecule has 0 atom stereocenters. The standard InChI is InChI=1S/C12H15FN2O2S2/c1-18-7-3-6-15-8-11(19(14,16)17)12-9(13)4-2-5-10(12)15/h2,4-5,8H,3,6-7H2,1H3,(H2,14,16,17). The van der Waals surface area contributed by atoms with Crippen LogP contribution in [0.2, 0.25) is 0 Å². The molecule has 1 aromatic heterocycles. The normalized spacial score (nSPS) is 12.2. The van der Waals surface area contributed by atoms with E-state index in [9.17, 15) is 12.8 Å². The molecule has 19 heavy (non-hydrogen) atoms. The molecule has 2 rings (SSSR count). The number of nitrogens with zero attached hydrogens (tertiary/aromatic N) is 1. The lowest BCUT2D eigenvalue weighted by molar-refractivity contribution is 0.596. The molecule has 104 valence electrons. The van der Waals surface area contributed by atoms with Gasteiger partial charge in [0.05, 0.1) is 10.9 Å². The van der Waals surface area contributed by atoms with Crippen LogP contribution < -0.4 is 5.14 Å². The number of halogens is 1. The zero-order valence-electron chi connectivity index (χ0n) is 10.5. The molecule has 0 radical (unpaired) electrons. The van der Waals surface area contributed by atoms with Crippen LogP contribution in [-0.4, -0.2) is 25.0 Å². The first-order valence-corrected chi connectivity index (χ1v) is 8.68. The van der Waals surface area contributed by atoms with Crippen LogP contribution >= 0.6 is 11.8 Å². The van der Waals surface area contributed by atoms with E-state index < -0.39 is 15.8 Å². The predicted molar refractivity (Wildman–Crippen MR) is 76.3 cm³/mol. The molecular formula is C12H15FN2O2S2. The Morgan fingerprint density at radius 2 is 2.16 bits per heavy atom. The molecule has 0 bridgehead atoms.